The van der Waals surface area contributed by atoms with Gasteiger partial charge in [0.25, 0.3) is 5.91 Å². The standard InChI is InChI=1S/C54H57F2N11O6/c1-30-22-37(23-31(2)46(30)55)67-48(64-16-15-63(52(64)70)43-11-8-39-38(47(43)56)29-62(58-39)14-13-61-17-20-71-21-18-61)45-40(59-67)26-36-7-10-42(45)65(36)49(68)44-25-35-24-33(34-12-19-72-53(4,5)28-34)6-9-41(35)66(44)54(27-32(54)3)50-57-51(69)73-60-50/h6,8-9,11,15-16,22-25,29,32,34,36,42H,7,10,12-14,17-21,26-28H2,1-5H3,(H,57,60,69)/t32-,34-,36+,42-,54-/m0/s1. The summed E-state index contributed by atoms with van der Waals surface area (Å²) in [5.74, 6) is -0.771. The van der Waals surface area contributed by atoms with Gasteiger partial charge in [0, 0.05) is 73.8 Å². The number of aromatic nitrogens is 9. The molecule has 5 aromatic heterocycles. The van der Waals surface area contributed by atoms with E-state index in [0.29, 0.717) is 103 Å². The number of amides is 1. The summed E-state index contributed by atoms with van der Waals surface area (Å²) in [5, 5.41) is 15.3. The molecule has 17 nitrogen and oxygen atoms in total. The van der Waals surface area contributed by atoms with Gasteiger partial charge in [-0.3, -0.25) is 33.0 Å². The second kappa shape index (κ2) is 16.8. The van der Waals surface area contributed by atoms with E-state index in [1.54, 1.807) is 66.1 Å². The first-order chi connectivity index (χ1) is 35.2. The van der Waals surface area contributed by atoms with E-state index < -0.39 is 28.8 Å². The zero-order chi connectivity index (χ0) is 50.2. The molecule has 1 N–H and O–H groups in total. The van der Waals surface area contributed by atoms with Gasteiger partial charge in [0.2, 0.25) is 0 Å². The van der Waals surface area contributed by atoms with Crippen molar-refractivity contribution in [3.63, 3.8) is 0 Å². The van der Waals surface area contributed by atoms with Crippen LogP contribution in [0.15, 0.2) is 81.2 Å². The number of ether oxygens (including phenoxy) is 2. The van der Waals surface area contributed by atoms with Crippen molar-refractivity contribution in [3.8, 4) is 17.2 Å². The van der Waals surface area contributed by atoms with Crippen molar-refractivity contribution < 1.29 is 27.6 Å². The molecule has 3 aromatic carbocycles. The SMILES string of the molecule is Cc1cc(-n2nc3c(c2-n2ccn(-c4ccc5nn(CCN6CCOCC6)cc5c4F)c2=O)[C@@H]2CC[C@H](C3)N2C(=O)c2cc3cc([C@H]4CCOC(C)(C)C4)ccc3n2[C@@]2(c3noc(=O)[nH]3)C[C@@H]2C)cc(C)c1F. The smallest absolute Gasteiger partial charge is 0.379 e. The Labute approximate surface area is 417 Å². The maximum Gasteiger partial charge on any atom is 0.438 e. The summed E-state index contributed by atoms with van der Waals surface area (Å²) in [6.07, 6.45) is 8.86. The first kappa shape index (κ1) is 45.9. The molecule has 9 heterocycles. The largest absolute Gasteiger partial charge is 0.438 e. The van der Waals surface area contributed by atoms with Gasteiger partial charge in [0.1, 0.15) is 22.9 Å². The Morgan fingerprint density at radius 2 is 1.67 bits per heavy atom. The number of nitrogens with zero attached hydrogens (tertiary/aromatic N) is 10. The van der Waals surface area contributed by atoms with E-state index in [1.807, 2.05) is 11.0 Å². The number of aryl methyl sites for hydroxylation is 2. The maximum absolute atomic E-state index is 16.8. The topological polar surface area (TPSA) is 168 Å². The molecule has 0 spiro atoms. The molecule has 1 saturated carbocycles. The van der Waals surface area contributed by atoms with Crippen molar-refractivity contribution in [3.05, 3.63) is 139 Å². The van der Waals surface area contributed by atoms with Gasteiger partial charge in [0.15, 0.2) is 11.6 Å². The number of carbonyl (C=O) groups excluding carboxylic acids is 1. The fourth-order valence-electron chi connectivity index (χ4n) is 12.8. The van der Waals surface area contributed by atoms with Crippen molar-refractivity contribution in [1.82, 2.24) is 53.2 Å². The number of nitrogens with one attached hydrogen (secondary N) is 1. The number of H-pyrrole nitrogens is 1. The summed E-state index contributed by atoms with van der Waals surface area (Å²) in [6.45, 7) is 14.7. The Morgan fingerprint density at radius 1 is 0.890 bits per heavy atom. The van der Waals surface area contributed by atoms with Crippen LogP contribution in [0.4, 0.5) is 8.78 Å². The number of aromatic amines is 1. The third kappa shape index (κ3) is 7.31. The molecular weight excluding hydrogens is 937 g/mol. The third-order valence-corrected chi connectivity index (χ3v) is 16.5. The van der Waals surface area contributed by atoms with E-state index in [1.165, 1.54) is 14.7 Å². The molecule has 1 aliphatic carbocycles. The van der Waals surface area contributed by atoms with Crippen LogP contribution in [0.3, 0.4) is 0 Å². The quantitative estimate of drug-likeness (QED) is 0.146. The minimum atomic E-state index is -0.856. The fourth-order valence-corrected chi connectivity index (χ4v) is 12.8. The normalized spacial score (nSPS) is 23.7. The van der Waals surface area contributed by atoms with Gasteiger partial charge >= 0.3 is 11.4 Å². The highest BCUT2D eigenvalue weighted by Gasteiger charge is 2.60. The number of carbonyl (C=O) groups is 1. The highest BCUT2D eigenvalue weighted by Crippen LogP contribution is 2.57. The lowest BCUT2D eigenvalue weighted by Gasteiger charge is -2.36. The van der Waals surface area contributed by atoms with Crippen molar-refractivity contribution in [2.45, 2.75) is 109 Å². The highest BCUT2D eigenvalue weighted by atomic mass is 19.1. The molecule has 73 heavy (non-hydrogen) atoms. The zero-order valence-electron chi connectivity index (χ0n) is 41.5. The number of morpholine rings is 1. The number of hydrogen-bond acceptors (Lipinski definition) is 10. The maximum atomic E-state index is 16.8. The van der Waals surface area contributed by atoms with Gasteiger partial charge in [-0.1, -0.05) is 18.1 Å². The fraction of sp³-hybridized carbons (Fsp3) is 0.444. The molecule has 4 aliphatic heterocycles. The number of rotatable bonds is 10. The van der Waals surface area contributed by atoms with Gasteiger partial charge < -0.3 is 18.9 Å². The number of halogens is 2. The molecule has 0 radical (unpaired) electrons. The van der Waals surface area contributed by atoms with Crippen molar-refractivity contribution in [1.29, 1.82) is 0 Å². The Morgan fingerprint density at radius 3 is 2.41 bits per heavy atom. The van der Waals surface area contributed by atoms with Crippen LogP contribution in [-0.2, 0) is 28.0 Å². The Kier molecular flexibility index (Phi) is 10.6. The molecule has 1 amide bonds. The molecular formula is C54H57F2N11O6. The van der Waals surface area contributed by atoms with Gasteiger partial charge in [0.05, 0.1) is 59.4 Å². The Hall–Kier alpha value is -6.96. The minimum Gasteiger partial charge on any atom is -0.379 e. The summed E-state index contributed by atoms with van der Waals surface area (Å²) in [6, 6.07) is 14.3. The highest BCUT2D eigenvalue weighted by molar-refractivity contribution is 6.00. The first-order valence-electron chi connectivity index (χ1n) is 25.5. The van der Waals surface area contributed by atoms with E-state index in [4.69, 9.17) is 19.1 Å². The van der Waals surface area contributed by atoms with Gasteiger partial charge in [-0.2, -0.15) is 10.2 Å². The molecule has 2 bridgehead atoms. The van der Waals surface area contributed by atoms with Crippen LogP contribution >= 0.6 is 0 Å². The van der Waals surface area contributed by atoms with Crippen LogP contribution < -0.4 is 11.4 Å². The van der Waals surface area contributed by atoms with E-state index in [9.17, 15) is 4.79 Å². The predicted octanol–water partition coefficient (Wildman–Crippen LogP) is 7.38. The van der Waals surface area contributed by atoms with E-state index >= 15 is 18.4 Å². The number of imidazole rings is 1. The van der Waals surface area contributed by atoms with Crippen LogP contribution in [-0.4, -0.2) is 110 Å². The third-order valence-electron chi connectivity index (χ3n) is 16.5. The monoisotopic (exact) mass is 993 g/mol. The molecule has 3 saturated heterocycles. The summed E-state index contributed by atoms with van der Waals surface area (Å²) >= 11 is 0. The van der Waals surface area contributed by atoms with E-state index in [2.05, 4.69) is 63.7 Å². The van der Waals surface area contributed by atoms with E-state index in [0.717, 1.165) is 49.1 Å². The molecule has 5 aliphatic rings. The average molecular weight is 994 g/mol. The van der Waals surface area contributed by atoms with Gasteiger partial charge in [-0.25, -0.2) is 23.1 Å². The lowest BCUT2D eigenvalue weighted by Crippen LogP contribution is -2.43. The van der Waals surface area contributed by atoms with Crippen molar-refractivity contribution >= 4 is 27.7 Å². The van der Waals surface area contributed by atoms with Crippen LogP contribution in [0.2, 0.25) is 0 Å². The molecule has 19 heteroatoms. The molecule has 378 valence electrons. The minimum absolute atomic E-state index is 0.00139. The van der Waals surface area contributed by atoms with Crippen LogP contribution in [0.5, 0.6) is 0 Å². The Balaban J connectivity index is 0.923. The Bertz CT molecular complexity index is 3640. The van der Waals surface area contributed by atoms with Crippen LogP contribution in [0, 0.1) is 31.4 Å². The predicted molar refractivity (Wildman–Crippen MR) is 266 cm³/mol. The van der Waals surface area contributed by atoms with Crippen molar-refractivity contribution in [2.75, 3.05) is 39.5 Å². The molecule has 8 aromatic rings. The summed E-state index contributed by atoms with van der Waals surface area (Å²) in [5.41, 5.74) is 4.10. The van der Waals surface area contributed by atoms with Crippen LogP contribution in [0.1, 0.15) is 109 Å². The lowest BCUT2D eigenvalue weighted by molar-refractivity contribution is -0.0592. The first-order valence-corrected chi connectivity index (χ1v) is 25.5. The van der Waals surface area contributed by atoms with Crippen molar-refractivity contribution in [2.24, 2.45) is 5.92 Å². The summed E-state index contributed by atoms with van der Waals surface area (Å²) in [4.78, 5) is 50.6. The number of fused-ring (bicyclic) bond motifs is 6. The molecule has 13 rings (SSSR count). The lowest BCUT2D eigenvalue weighted by atomic mass is 9.83. The van der Waals surface area contributed by atoms with E-state index in [-0.39, 0.29) is 40.9 Å². The summed E-state index contributed by atoms with van der Waals surface area (Å²) in [7, 11) is 0. The zero-order valence-corrected chi connectivity index (χ0v) is 41.5. The second-order valence-electron chi connectivity index (χ2n) is 21.6. The molecule has 4 fully saturated rings. The van der Waals surface area contributed by atoms with Gasteiger partial charge in [-0.15, -0.1) is 0 Å². The molecule has 0 unspecified atom stereocenters. The summed E-state index contributed by atoms with van der Waals surface area (Å²) < 4.78 is 57.0. The number of hydrogen-bond donors (Lipinski definition) is 1. The average Bonchev–Trinajstić information content (AvgIpc) is 4.11. The molecule has 5 atom stereocenters. The second-order valence-corrected chi connectivity index (χ2v) is 21.6. The number of benzene rings is 3. The van der Waals surface area contributed by atoms with Crippen LogP contribution in [0.25, 0.3) is 39.0 Å². The van der Waals surface area contributed by atoms with Gasteiger partial charge in [-0.05, 0) is 131 Å².